The zero-order valence-corrected chi connectivity index (χ0v) is 7.76. The van der Waals surface area contributed by atoms with E-state index < -0.39 is 0 Å². The van der Waals surface area contributed by atoms with Crippen LogP contribution in [-0.2, 0) is 0 Å². The van der Waals surface area contributed by atoms with Crippen LogP contribution in [0, 0.1) is 0 Å². The summed E-state index contributed by atoms with van der Waals surface area (Å²) < 4.78 is 0. The van der Waals surface area contributed by atoms with Crippen LogP contribution < -0.4 is 5.73 Å². The molecule has 2 heterocycles. The van der Waals surface area contributed by atoms with Gasteiger partial charge in [-0.05, 0) is 12.8 Å². The van der Waals surface area contributed by atoms with Crippen molar-refractivity contribution in [1.29, 1.82) is 0 Å². The summed E-state index contributed by atoms with van der Waals surface area (Å²) in [5.41, 5.74) is 6.14. The van der Waals surface area contributed by atoms with Gasteiger partial charge in [0, 0.05) is 18.9 Å². The minimum atomic E-state index is -0.162. The fourth-order valence-corrected chi connectivity index (χ4v) is 1.60. The molecule has 0 bridgehead atoms. The summed E-state index contributed by atoms with van der Waals surface area (Å²) in [7, 11) is 0. The van der Waals surface area contributed by atoms with Gasteiger partial charge in [-0.2, -0.15) is 0 Å². The Morgan fingerprint density at radius 3 is 3.00 bits per heavy atom. The summed E-state index contributed by atoms with van der Waals surface area (Å²) in [6.07, 6.45) is 6.19. The van der Waals surface area contributed by atoms with E-state index in [-0.39, 0.29) is 12.1 Å². The lowest BCUT2D eigenvalue weighted by Crippen LogP contribution is -2.41. The van der Waals surface area contributed by atoms with Gasteiger partial charge in [0.2, 0.25) is 0 Å². The van der Waals surface area contributed by atoms with Crippen LogP contribution in [0.15, 0.2) is 18.6 Å². The Kier molecular flexibility index (Phi) is 2.41. The van der Waals surface area contributed by atoms with Gasteiger partial charge < -0.3 is 10.6 Å². The standard InChI is InChI=1S/C9H12N4O/c10-8-2-1-5-13(8)9(14)7-6-11-3-4-12-7/h3-4,6,8H,1-2,5,10H2. The SMILES string of the molecule is NC1CCCN1C(=O)c1cnccn1. The zero-order chi connectivity index (χ0) is 9.97. The largest absolute Gasteiger partial charge is 0.322 e. The Labute approximate surface area is 82.0 Å². The minimum Gasteiger partial charge on any atom is -0.322 e. The fourth-order valence-electron chi connectivity index (χ4n) is 1.60. The van der Waals surface area contributed by atoms with Crippen molar-refractivity contribution >= 4 is 5.91 Å². The average molecular weight is 192 g/mol. The molecule has 0 spiro atoms. The third kappa shape index (κ3) is 1.58. The van der Waals surface area contributed by atoms with Crippen LogP contribution in [0.4, 0.5) is 0 Å². The third-order valence-electron chi connectivity index (χ3n) is 2.34. The molecule has 1 amide bonds. The molecule has 1 aliphatic rings. The molecule has 1 atom stereocenters. The van der Waals surface area contributed by atoms with E-state index in [1.54, 1.807) is 11.1 Å². The molecule has 74 valence electrons. The van der Waals surface area contributed by atoms with E-state index in [1.165, 1.54) is 12.4 Å². The number of amides is 1. The summed E-state index contributed by atoms with van der Waals surface area (Å²) >= 11 is 0. The summed E-state index contributed by atoms with van der Waals surface area (Å²) in [5.74, 6) is -0.122. The van der Waals surface area contributed by atoms with Crippen molar-refractivity contribution in [1.82, 2.24) is 14.9 Å². The zero-order valence-electron chi connectivity index (χ0n) is 7.76. The van der Waals surface area contributed by atoms with Crippen LogP contribution in [0.2, 0.25) is 0 Å². The lowest BCUT2D eigenvalue weighted by molar-refractivity contribution is 0.0734. The molecular formula is C9H12N4O. The smallest absolute Gasteiger partial charge is 0.275 e. The maximum atomic E-state index is 11.8. The first-order chi connectivity index (χ1) is 6.79. The molecule has 0 aliphatic carbocycles. The summed E-state index contributed by atoms with van der Waals surface area (Å²) in [6, 6.07) is 0. The molecule has 14 heavy (non-hydrogen) atoms. The maximum absolute atomic E-state index is 11.8. The van der Waals surface area contributed by atoms with E-state index in [9.17, 15) is 4.79 Å². The van der Waals surface area contributed by atoms with Gasteiger partial charge in [0.05, 0.1) is 12.4 Å². The Morgan fingerprint density at radius 1 is 1.57 bits per heavy atom. The number of hydrogen-bond donors (Lipinski definition) is 1. The number of hydrogen-bond acceptors (Lipinski definition) is 4. The van der Waals surface area contributed by atoms with Gasteiger partial charge in [0.1, 0.15) is 5.69 Å². The van der Waals surface area contributed by atoms with Gasteiger partial charge in [-0.15, -0.1) is 0 Å². The first kappa shape index (κ1) is 9.08. The van der Waals surface area contributed by atoms with Crippen molar-refractivity contribution in [3.63, 3.8) is 0 Å². The maximum Gasteiger partial charge on any atom is 0.275 e. The Hall–Kier alpha value is -1.49. The molecule has 1 aliphatic heterocycles. The van der Waals surface area contributed by atoms with Crippen molar-refractivity contribution < 1.29 is 4.79 Å². The molecule has 0 saturated carbocycles. The molecule has 0 radical (unpaired) electrons. The van der Waals surface area contributed by atoms with Gasteiger partial charge >= 0.3 is 0 Å². The van der Waals surface area contributed by atoms with Crippen molar-refractivity contribution in [3.05, 3.63) is 24.3 Å². The van der Waals surface area contributed by atoms with Crippen LogP contribution in [0.3, 0.4) is 0 Å². The normalized spacial score (nSPS) is 21.2. The Balaban J connectivity index is 2.16. The monoisotopic (exact) mass is 192 g/mol. The van der Waals surface area contributed by atoms with Gasteiger partial charge in [-0.25, -0.2) is 4.98 Å². The average Bonchev–Trinajstić information content (AvgIpc) is 2.65. The predicted molar refractivity (Wildman–Crippen MR) is 50.3 cm³/mol. The van der Waals surface area contributed by atoms with E-state index in [4.69, 9.17) is 5.73 Å². The summed E-state index contributed by atoms with van der Waals surface area (Å²) in [5, 5.41) is 0. The first-order valence-electron chi connectivity index (χ1n) is 4.61. The number of nitrogens with two attached hydrogens (primary N) is 1. The summed E-state index contributed by atoms with van der Waals surface area (Å²) in [6.45, 7) is 0.719. The predicted octanol–water partition coefficient (Wildman–Crippen LogP) is -0.00260. The van der Waals surface area contributed by atoms with E-state index in [1.807, 2.05) is 0 Å². The lowest BCUT2D eigenvalue weighted by Gasteiger charge is -2.20. The second-order valence-corrected chi connectivity index (χ2v) is 3.30. The van der Waals surface area contributed by atoms with E-state index in [0.29, 0.717) is 5.69 Å². The second-order valence-electron chi connectivity index (χ2n) is 3.30. The highest BCUT2D eigenvalue weighted by molar-refractivity contribution is 5.92. The molecular weight excluding hydrogens is 180 g/mol. The van der Waals surface area contributed by atoms with E-state index >= 15 is 0 Å². The fraction of sp³-hybridized carbons (Fsp3) is 0.444. The molecule has 1 unspecified atom stereocenters. The minimum absolute atomic E-state index is 0.122. The number of carbonyl (C=O) groups is 1. The molecule has 2 N–H and O–H groups in total. The highest BCUT2D eigenvalue weighted by atomic mass is 16.2. The van der Waals surface area contributed by atoms with E-state index in [0.717, 1.165) is 19.4 Å². The number of aromatic nitrogens is 2. The number of rotatable bonds is 1. The Morgan fingerprint density at radius 2 is 2.43 bits per heavy atom. The van der Waals surface area contributed by atoms with Crippen LogP contribution in [-0.4, -0.2) is 33.5 Å². The molecule has 5 nitrogen and oxygen atoms in total. The molecule has 1 aromatic rings. The van der Waals surface area contributed by atoms with Crippen LogP contribution in [0.1, 0.15) is 23.3 Å². The van der Waals surface area contributed by atoms with E-state index in [2.05, 4.69) is 9.97 Å². The number of carbonyl (C=O) groups excluding carboxylic acids is 1. The number of likely N-dealkylation sites (tertiary alicyclic amines) is 1. The molecule has 1 fully saturated rings. The number of nitrogens with zero attached hydrogens (tertiary/aromatic N) is 3. The highest BCUT2D eigenvalue weighted by Crippen LogP contribution is 2.14. The molecule has 1 aromatic heterocycles. The molecule has 2 rings (SSSR count). The molecule has 1 saturated heterocycles. The summed E-state index contributed by atoms with van der Waals surface area (Å²) in [4.78, 5) is 21.2. The van der Waals surface area contributed by atoms with Crippen molar-refractivity contribution in [2.45, 2.75) is 19.0 Å². The second kappa shape index (κ2) is 3.71. The van der Waals surface area contributed by atoms with Gasteiger partial charge in [0.25, 0.3) is 5.91 Å². The lowest BCUT2D eigenvalue weighted by atomic mass is 10.3. The van der Waals surface area contributed by atoms with Gasteiger partial charge in [0.15, 0.2) is 0 Å². The van der Waals surface area contributed by atoms with Crippen molar-refractivity contribution in [2.75, 3.05) is 6.54 Å². The van der Waals surface area contributed by atoms with Gasteiger partial charge in [-0.1, -0.05) is 0 Å². The van der Waals surface area contributed by atoms with Crippen molar-refractivity contribution in [3.8, 4) is 0 Å². The Bertz CT molecular complexity index is 327. The topological polar surface area (TPSA) is 72.1 Å². The van der Waals surface area contributed by atoms with Crippen LogP contribution in [0.5, 0.6) is 0 Å². The van der Waals surface area contributed by atoms with Gasteiger partial charge in [-0.3, -0.25) is 9.78 Å². The van der Waals surface area contributed by atoms with Crippen LogP contribution >= 0.6 is 0 Å². The molecule has 0 aromatic carbocycles. The third-order valence-corrected chi connectivity index (χ3v) is 2.34. The van der Waals surface area contributed by atoms with Crippen LogP contribution in [0.25, 0.3) is 0 Å². The molecule has 5 heteroatoms. The van der Waals surface area contributed by atoms with Crippen molar-refractivity contribution in [2.24, 2.45) is 5.73 Å². The quantitative estimate of drug-likeness (QED) is 0.679. The first-order valence-corrected chi connectivity index (χ1v) is 4.61. The highest BCUT2D eigenvalue weighted by Gasteiger charge is 2.27.